The van der Waals surface area contributed by atoms with Gasteiger partial charge in [-0.05, 0) is 72.6 Å². The fraction of sp³-hybridized carbons (Fsp3) is 0.410. The molecule has 1 saturated heterocycles. The molecule has 7 rings (SSSR count). The second-order valence-corrected chi connectivity index (χ2v) is 13.4. The molecular formula is C39H45F2N7O3. The minimum atomic E-state index is -2.77. The van der Waals surface area contributed by atoms with Crippen LogP contribution in [-0.4, -0.2) is 75.5 Å². The second-order valence-electron chi connectivity index (χ2n) is 13.4. The van der Waals surface area contributed by atoms with Crippen molar-refractivity contribution in [1.82, 2.24) is 24.4 Å². The van der Waals surface area contributed by atoms with E-state index < -0.39 is 6.43 Å². The number of halogens is 2. The van der Waals surface area contributed by atoms with Crippen LogP contribution in [0.5, 0.6) is 5.75 Å². The minimum absolute atomic E-state index is 0.0367. The van der Waals surface area contributed by atoms with E-state index in [4.69, 9.17) is 19.4 Å². The zero-order valence-electron chi connectivity index (χ0n) is 28.9. The van der Waals surface area contributed by atoms with Crippen LogP contribution >= 0.6 is 0 Å². The molecule has 2 aliphatic rings. The molecule has 1 aliphatic carbocycles. The van der Waals surface area contributed by atoms with E-state index >= 15 is 0 Å². The first-order valence-corrected chi connectivity index (χ1v) is 17.7. The molecule has 2 aromatic heterocycles. The standard InChI is InChI=1S/C39H45F2N7O3/c1-50-32-16-12-29(13-17-32)25-47(24-28-6-8-30(26-49)9-7-28)31-14-10-27(11-15-31)23-42-39-44-35(46-18-20-51-21-19-46)22-36(45-39)48-34-5-3-2-4-33(34)43-38(48)37(40)41/h2-9,12-13,16-17,22,27,31,37,49H,10-11,14-15,18-21,23-26H2,1H3,(H,42,44,45)/t27-,31-. The molecule has 51 heavy (non-hydrogen) atoms. The van der Waals surface area contributed by atoms with Gasteiger partial charge in [0.25, 0.3) is 6.43 Å². The zero-order valence-corrected chi connectivity index (χ0v) is 28.9. The Morgan fingerprint density at radius 2 is 1.51 bits per heavy atom. The third kappa shape index (κ3) is 8.30. The predicted octanol–water partition coefficient (Wildman–Crippen LogP) is 6.76. The summed E-state index contributed by atoms with van der Waals surface area (Å²) in [5.41, 5.74) is 4.44. The lowest BCUT2D eigenvalue weighted by molar-refractivity contribution is 0.122. The van der Waals surface area contributed by atoms with E-state index in [1.807, 2.05) is 30.3 Å². The molecule has 0 spiro atoms. The van der Waals surface area contributed by atoms with Crippen LogP contribution < -0.4 is 15.0 Å². The number of benzene rings is 3. The Labute approximate surface area is 297 Å². The average molecular weight is 698 g/mol. The van der Waals surface area contributed by atoms with Crippen LogP contribution in [0.15, 0.2) is 78.9 Å². The summed E-state index contributed by atoms with van der Waals surface area (Å²) in [7, 11) is 1.68. The van der Waals surface area contributed by atoms with E-state index in [-0.39, 0.29) is 12.4 Å². The number of ether oxygens (including phenoxy) is 2. The summed E-state index contributed by atoms with van der Waals surface area (Å²) in [5.74, 6) is 2.38. The first-order chi connectivity index (χ1) is 25.0. The Morgan fingerprint density at radius 3 is 2.18 bits per heavy atom. The van der Waals surface area contributed by atoms with Gasteiger partial charge in [0, 0.05) is 44.8 Å². The number of aromatic nitrogens is 4. The Balaban J connectivity index is 1.07. The maximum Gasteiger partial charge on any atom is 0.296 e. The number of morpholine rings is 1. The smallest absolute Gasteiger partial charge is 0.296 e. The van der Waals surface area contributed by atoms with Crippen molar-refractivity contribution in [3.63, 3.8) is 0 Å². The average Bonchev–Trinajstić information content (AvgIpc) is 3.58. The van der Waals surface area contributed by atoms with E-state index in [0.717, 1.165) is 50.1 Å². The Morgan fingerprint density at radius 1 is 0.863 bits per heavy atom. The lowest BCUT2D eigenvalue weighted by Crippen LogP contribution is -2.38. The van der Waals surface area contributed by atoms with Crippen molar-refractivity contribution in [2.75, 3.05) is 50.2 Å². The molecule has 0 unspecified atom stereocenters. The number of hydrogen-bond donors (Lipinski definition) is 2. The fourth-order valence-corrected chi connectivity index (χ4v) is 7.22. The SMILES string of the molecule is COc1ccc(CN(Cc2ccc(CO)cc2)[C@H]2CC[C@H](CNc3nc(N4CCOCC4)cc(-n4c(C(F)F)nc5ccccc54)n3)CC2)cc1. The van der Waals surface area contributed by atoms with Crippen molar-refractivity contribution in [3.8, 4) is 11.6 Å². The van der Waals surface area contributed by atoms with Crippen LogP contribution in [0.3, 0.4) is 0 Å². The van der Waals surface area contributed by atoms with Crippen LogP contribution in [-0.2, 0) is 24.4 Å². The quantitative estimate of drug-likeness (QED) is 0.138. The lowest BCUT2D eigenvalue weighted by atomic mass is 9.85. The van der Waals surface area contributed by atoms with Crippen molar-refractivity contribution in [3.05, 3.63) is 101 Å². The highest BCUT2D eigenvalue weighted by molar-refractivity contribution is 5.78. The van der Waals surface area contributed by atoms with Gasteiger partial charge in [-0.15, -0.1) is 0 Å². The van der Waals surface area contributed by atoms with Gasteiger partial charge < -0.3 is 24.8 Å². The molecule has 2 N–H and O–H groups in total. The number of aliphatic hydroxyl groups excluding tert-OH is 1. The number of rotatable bonds is 13. The van der Waals surface area contributed by atoms with Gasteiger partial charge in [-0.2, -0.15) is 9.97 Å². The van der Waals surface area contributed by atoms with Crippen molar-refractivity contribution in [1.29, 1.82) is 0 Å². The second kappa shape index (κ2) is 16.1. The number of fused-ring (bicyclic) bond motifs is 1. The molecule has 2 fully saturated rings. The van der Waals surface area contributed by atoms with Crippen molar-refractivity contribution >= 4 is 22.8 Å². The van der Waals surface area contributed by atoms with Gasteiger partial charge in [-0.3, -0.25) is 9.47 Å². The van der Waals surface area contributed by atoms with Crippen LogP contribution in [0, 0.1) is 5.92 Å². The lowest BCUT2D eigenvalue weighted by Gasteiger charge is -2.37. The summed E-state index contributed by atoms with van der Waals surface area (Å²) in [4.78, 5) is 18.6. The van der Waals surface area contributed by atoms with E-state index in [1.54, 1.807) is 31.4 Å². The summed E-state index contributed by atoms with van der Waals surface area (Å²) in [6, 6.07) is 25.8. The number of nitrogens with one attached hydrogen (secondary N) is 1. The van der Waals surface area contributed by atoms with E-state index in [0.29, 0.717) is 73.4 Å². The Hall–Kier alpha value is -4.65. The molecule has 0 bridgehead atoms. The number of para-hydroxylation sites is 2. The van der Waals surface area contributed by atoms with Crippen molar-refractivity contribution < 1.29 is 23.4 Å². The maximum absolute atomic E-state index is 14.3. The van der Waals surface area contributed by atoms with Gasteiger partial charge in [0.2, 0.25) is 5.95 Å². The molecule has 0 amide bonds. The summed E-state index contributed by atoms with van der Waals surface area (Å²) in [6.45, 7) is 4.83. The molecule has 0 radical (unpaired) electrons. The van der Waals surface area contributed by atoms with Crippen molar-refractivity contribution in [2.45, 2.75) is 57.8 Å². The van der Waals surface area contributed by atoms with E-state index in [2.05, 4.69) is 44.4 Å². The third-order valence-corrected chi connectivity index (χ3v) is 10.1. The van der Waals surface area contributed by atoms with Gasteiger partial charge in [0.15, 0.2) is 5.82 Å². The highest BCUT2D eigenvalue weighted by Crippen LogP contribution is 2.32. The summed E-state index contributed by atoms with van der Waals surface area (Å²) >= 11 is 0. The number of alkyl halides is 2. The van der Waals surface area contributed by atoms with Gasteiger partial charge in [-0.1, -0.05) is 48.5 Å². The molecule has 3 heterocycles. The van der Waals surface area contributed by atoms with E-state index in [1.165, 1.54) is 15.7 Å². The minimum Gasteiger partial charge on any atom is -0.497 e. The number of anilines is 2. The summed E-state index contributed by atoms with van der Waals surface area (Å²) in [5, 5.41) is 13.0. The summed E-state index contributed by atoms with van der Waals surface area (Å²) in [6.07, 6.45) is 1.41. The molecule has 5 aromatic rings. The number of aliphatic hydroxyl groups is 1. The molecule has 1 aliphatic heterocycles. The van der Waals surface area contributed by atoms with Crippen LogP contribution in [0.4, 0.5) is 20.5 Å². The number of methoxy groups -OCH3 is 1. The number of nitrogens with zero attached hydrogens (tertiary/aromatic N) is 6. The van der Waals surface area contributed by atoms with E-state index in [9.17, 15) is 13.9 Å². The number of imidazole rings is 1. The Bertz CT molecular complexity index is 1820. The highest BCUT2D eigenvalue weighted by atomic mass is 19.3. The molecule has 3 aromatic carbocycles. The van der Waals surface area contributed by atoms with Gasteiger partial charge in [-0.25, -0.2) is 13.8 Å². The fourth-order valence-electron chi connectivity index (χ4n) is 7.22. The summed E-state index contributed by atoms with van der Waals surface area (Å²) < 4.78 is 41.0. The first-order valence-electron chi connectivity index (χ1n) is 17.7. The molecule has 0 atom stereocenters. The maximum atomic E-state index is 14.3. The van der Waals surface area contributed by atoms with Crippen LogP contribution in [0.1, 0.15) is 54.6 Å². The van der Waals surface area contributed by atoms with Crippen molar-refractivity contribution in [2.24, 2.45) is 5.92 Å². The number of hydrogen-bond acceptors (Lipinski definition) is 9. The normalized spacial score (nSPS) is 18.1. The highest BCUT2D eigenvalue weighted by Gasteiger charge is 2.27. The largest absolute Gasteiger partial charge is 0.497 e. The van der Waals surface area contributed by atoms with Crippen LogP contribution in [0.25, 0.3) is 16.9 Å². The molecule has 268 valence electrons. The molecular weight excluding hydrogens is 652 g/mol. The monoisotopic (exact) mass is 697 g/mol. The molecule has 10 nitrogen and oxygen atoms in total. The third-order valence-electron chi connectivity index (χ3n) is 10.1. The zero-order chi connectivity index (χ0) is 35.2. The Kier molecular flexibility index (Phi) is 11.0. The predicted molar refractivity (Wildman–Crippen MR) is 193 cm³/mol. The molecule has 1 saturated carbocycles. The topological polar surface area (TPSA) is 101 Å². The van der Waals surface area contributed by atoms with Crippen LogP contribution in [0.2, 0.25) is 0 Å². The van der Waals surface area contributed by atoms with Gasteiger partial charge in [0.05, 0.1) is 38.0 Å². The molecule has 12 heteroatoms. The van der Waals surface area contributed by atoms with Gasteiger partial charge in [0.1, 0.15) is 17.4 Å². The van der Waals surface area contributed by atoms with Gasteiger partial charge >= 0.3 is 0 Å². The first kappa shape index (κ1) is 34.8.